The van der Waals surface area contributed by atoms with E-state index in [4.69, 9.17) is 9.47 Å². The third-order valence-electron chi connectivity index (χ3n) is 6.33. The summed E-state index contributed by atoms with van der Waals surface area (Å²) in [5.41, 5.74) is 5.14. The molecule has 0 bridgehead atoms. The highest BCUT2D eigenvalue weighted by Gasteiger charge is 2.36. The zero-order valence-electron chi connectivity index (χ0n) is 19.4. The van der Waals surface area contributed by atoms with Crippen molar-refractivity contribution in [2.45, 2.75) is 38.3 Å². The minimum Gasteiger partial charge on any atom is -0.489 e. The summed E-state index contributed by atoms with van der Waals surface area (Å²) < 4.78 is 11.8. The lowest BCUT2D eigenvalue weighted by atomic mass is 10.00. The molecule has 1 heterocycles. The van der Waals surface area contributed by atoms with E-state index in [2.05, 4.69) is 102 Å². The second-order valence-electron chi connectivity index (χ2n) is 8.94. The number of hydrogen-bond acceptors (Lipinski definition) is 3. The number of benzene rings is 4. The molecule has 1 fully saturated rings. The summed E-state index contributed by atoms with van der Waals surface area (Å²) in [6, 6.07) is 40.6. The molecule has 1 unspecified atom stereocenters. The van der Waals surface area contributed by atoms with Crippen molar-refractivity contribution >= 4 is 0 Å². The van der Waals surface area contributed by atoms with Crippen molar-refractivity contribution in [3.05, 3.63) is 138 Å². The van der Waals surface area contributed by atoms with Crippen LogP contribution >= 0.6 is 0 Å². The van der Waals surface area contributed by atoms with Crippen molar-refractivity contribution in [2.24, 2.45) is 0 Å². The molecule has 1 aliphatic rings. The Hall–Kier alpha value is -3.40. The number of epoxide rings is 1. The molecule has 0 saturated carbocycles. The van der Waals surface area contributed by atoms with Gasteiger partial charge in [-0.15, -0.1) is 0 Å². The highest BCUT2D eigenvalue weighted by atomic mass is 16.6. The zero-order chi connectivity index (χ0) is 23.0. The maximum absolute atomic E-state index is 5.98. The van der Waals surface area contributed by atoms with Gasteiger partial charge in [-0.3, -0.25) is 4.90 Å². The van der Waals surface area contributed by atoms with Crippen LogP contribution in [-0.2, 0) is 30.9 Å². The molecule has 1 aliphatic heterocycles. The van der Waals surface area contributed by atoms with Crippen molar-refractivity contribution in [1.29, 1.82) is 0 Å². The Morgan fingerprint density at radius 1 is 0.647 bits per heavy atom. The first-order valence-electron chi connectivity index (χ1n) is 12.0. The monoisotopic (exact) mass is 449 g/mol. The van der Waals surface area contributed by atoms with Crippen molar-refractivity contribution in [3.63, 3.8) is 0 Å². The lowest BCUT2D eigenvalue weighted by Crippen LogP contribution is -2.40. The van der Waals surface area contributed by atoms with Gasteiger partial charge in [-0.2, -0.15) is 0 Å². The van der Waals surface area contributed by atoms with E-state index in [0.717, 1.165) is 31.9 Å². The van der Waals surface area contributed by atoms with Gasteiger partial charge in [0.15, 0.2) is 0 Å². The number of ether oxygens (including phenoxy) is 2. The van der Waals surface area contributed by atoms with Crippen molar-refractivity contribution in [2.75, 3.05) is 6.61 Å². The average molecular weight is 450 g/mol. The second-order valence-corrected chi connectivity index (χ2v) is 8.94. The lowest BCUT2D eigenvalue weighted by Gasteiger charge is -2.31. The minimum atomic E-state index is 0.279. The van der Waals surface area contributed by atoms with Crippen molar-refractivity contribution in [3.8, 4) is 5.75 Å². The summed E-state index contributed by atoms with van der Waals surface area (Å²) in [6.07, 6.45) is 1.23. The Balaban J connectivity index is 1.29. The van der Waals surface area contributed by atoms with Crippen LogP contribution in [0.15, 0.2) is 115 Å². The van der Waals surface area contributed by atoms with Gasteiger partial charge in [0.05, 0.1) is 12.7 Å². The summed E-state index contributed by atoms with van der Waals surface area (Å²) in [7, 11) is 0. The average Bonchev–Trinajstić information content (AvgIpc) is 3.74. The summed E-state index contributed by atoms with van der Waals surface area (Å²) in [6.45, 7) is 3.22. The predicted molar refractivity (Wildman–Crippen MR) is 137 cm³/mol. The van der Waals surface area contributed by atoms with Gasteiger partial charge in [-0.1, -0.05) is 103 Å². The largest absolute Gasteiger partial charge is 0.489 e. The van der Waals surface area contributed by atoms with Gasteiger partial charge in [0, 0.05) is 19.1 Å². The molecular formula is C31H31NO2. The lowest BCUT2D eigenvalue weighted by molar-refractivity contribution is 0.144. The Bertz CT molecular complexity index is 1080. The van der Waals surface area contributed by atoms with E-state index in [9.17, 15) is 0 Å². The highest BCUT2D eigenvalue weighted by molar-refractivity contribution is 5.29. The van der Waals surface area contributed by atoms with Crippen LogP contribution in [0.3, 0.4) is 0 Å². The van der Waals surface area contributed by atoms with Crippen LogP contribution in [0.4, 0.5) is 0 Å². The van der Waals surface area contributed by atoms with Crippen LogP contribution in [0.25, 0.3) is 0 Å². The summed E-state index contributed by atoms with van der Waals surface area (Å²) >= 11 is 0. The molecule has 3 nitrogen and oxygen atoms in total. The van der Waals surface area contributed by atoms with E-state index in [1.54, 1.807) is 0 Å². The second kappa shape index (κ2) is 11.1. The number of rotatable bonds is 11. The molecule has 172 valence electrons. The zero-order valence-corrected chi connectivity index (χ0v) is 19.4. The van der Waals surface area contributed by atoms with E-state index < -0.39 is 0 Å². The number of nitrogens with zero attached hydrogens (tertiary/aromatic N) is 1. The fourth-order valence-electron chi connectivity index (χ4n) is 4.40. The molecule has 4 aromatic rings. The Morgan fingerprint density at radius 2 is 1.15 bits per heavy atom. The third kappa shape index (κ3) is 6.34. The van der Waals surface area contributed by atoms with E-state index in [1.807, 2.05) is 18.2 Å². The van der Waals surface area contributed by atoms with E-state index in [0.29, 0.717) is 12.6 Å². The standard InChI is InChI=1S/C31H31NO2/c1-4-10-26(11-5-1)21-32(22-27-12-6-2-7-13-27)30(31-24-34-31)20-25-16-18-29(19-17-25)33-23-28-14-8-3-9-15-28/h1-19,30-31H,20-24H2/t30?,31-/m1/s1. The maximum Gasteiger partial charge on any atom is 0.119 e. The quantitative estimate of drug-likeness (QED) is 0.252. The van der Waals surface area contributed by atoms with Gasteiger partial charge >= 0.3 is 0 Å². The molecule has 0 aromatic heterocycles. The first kappa shape index (κ1) is 22.4. The molecule has 1 saturated heterocycles. The SMILES string of the molecule is c1ccc(COc2ccc(CC([C@H]3CO3)N(Cc3ccccc3)Cc3ccccc3)cc2)cc1. The van der Waals surface area contributed by atoms with Crippen LogP contribution in [0.2, 0.25) is 0 Å². The fraction of sp³-hybridized carbons (Fsp3) is 0.226. The summed E-state index contributed by atoms with van der Waals surface area (Å²) in [5, 5.41) is 0. The van der Waals surface area contributed by atoms with Crippen LogP contribution in [-0.4, -0.2) is 23.7 Å². The molecule has 0 radical (unpaired) electrons. The van der Waals surface area contributed by atoms with Crippen LogP contribution in [0.1, 0.15) is 22.3 Å². The Kier molecular flexibility index (Phi) is 7.34. The number of hydrogen-bond donors (Lipinski definition) is 0. The molecule has 0 amide bonds. The first-order valence-corrected chi connectivity index (χ1v) is 12.0. The van der Waals surface area contributed by atoms with E-state index in [1.165, 1.54) is 22.3 Å². The molecule has 2 atom stereocenters. The van der Waals surface area contributed by atoms with Crippen LogP contribution in [0.5, 0.6) is 5.75 Å². The third-order valence-corrected chi connectivity index (χ3v) is 6.33. The van der Waals surface area contributed by atoms with Gasteiger partial charge in [0.2, 0.25) is 0 Å². The predicted octanol–water partition coefficient (Wildman–Crippen LogP) is 6.28. The molecule has 34 heavy (non-hydrogen) atoms. The highest BCUT2D eigenvalue weighted by Crippen LogP contribution is 2.27. The Morgan fingerprint density at radius 3 is 1.65 bits per heavy atom. The molecule has 3 heteroatoms. The summed E-state index contributed by atoms with van der Waals surface area (Å²) in [5.74, 6) is 0.900. The molecule has 0 spiro atoms. The van der Waals surface area contributed by atoms with Gasteiger partial charge in [0.1, 0.15) is 12.4 Å². The minimum absolute atomic E-state index is 0.279. The summed E-state index contributed by atoms with van der Waals surface area (Å²) in [4.78, 5) is 2.57. The van der Waals surface area contributed by atoms with E-state index in [-0.39, 0.29) is 6.10 Å². The van der Waals surface area contributed by atoms with Crippen LogP contribution < -0.4 is 4.74 Å². The van der Waals surface area contributed by atoms with Gasteiger partial charge in [-0.25, -0.2) is 0 Å². The van der Waals surface area contributed by atoms with Gasteiger partial charge in [-0.05, 0) is 40.8 Å². The maximum atomic E-state index is 5.98. The molecule has 0 aliphatic carbocycles. The molecule has 5 rings (SSSR count). The Labute approximate surface area is 202 Å². The molecule has 0 N–H and O–H groups in total. The topological polar surface area (TPSA) is 25.0 Å². The molecule has 4 aromatic carbocycles. The van der Waals surface area contributed by atoms with Crippen molar-refractivity contribution in [1.82, 2.24) is 4.90 Å². The van der Waals surface area contributed by atoms with Crippen LogP contribution in [0, 0.1) is 0 Å². The molecular weight excluding hydrogens is 418 g/mol. The smallest absolute Gasteiger partial charge is 0.119 e. The normalized spacial score (nSPS) is 15.7. The fourth-order valence-corrected chi connectivity index (χ4v) is 4.40. The van der Waals surface area contributed by atoms with Gasteiger partial charge < -0.3 is 9.47 Å². The van der Waals surface area contributed by atoms with Crippen molar-refractivity contribution < 1.29 is 9.47 Å². The van der Waals surface area contributed by atoms with E-state index >= 15 is 0 Å². The van der Waals surface area contributed by atoms with Gasteiger partial charge in [0.25, 0.3) is 0 Å². The first-order chi connectivity index (χ1) is 16.8.